The van der Waals surface area contributed by atoms with Gasteiger partial charge in [0.2, 0.25) is 5.91 Å². The van der Waals surface area contributed by atoms with E-state index in [1.165, 1.54) is 0 Å². The number of aromatic nitrogens is 1. The van der Waals surface area contributed by atoms with Gasteiger partial charge in [0.25, 0.3) is 0 Å². The molecule has 2 rings (SSSR count). The van der Waals surface area contributed by atoms with Crippen LogP contribution in [0.2, 0.25) is 0 Å². The molecule has 0 spiro atoms. The number of hydrogen-bond acceptors (Lipinski definition) is 2. The van der Waals surface area contributed by atoms with Gasteiger partial charge < -0.3 is 5.32 Å². The van der Waals surface area contributed by atoms with Gasteiger partial charge >= 0.3 is 0 Å². The van der Waals surface area contributed by atoms with Gasteiger partial charge in [-0.2, -0.15) is 0 Å². The fourth-order valence-electron chi connectivity index (χ4n) is 1.80. The maximum atomic E-state index is 12.1. The number of halogens is 1. The molecule has 0 saturated heterocycles. The summed E-state index contributed by atoms with van der Waals surface area (Å²) < 4.78 is 0. The Kier molecular flexibility index (Phi) is 4.53. The first-order chi connectivity index (χ1) is 9.18. The molecule has 3 nitrogen and oxygen atoms in total. The molecule has 1 N–H and O–H groups in total. The summed E-state index contributed by atoms with van der Waals surface area (Å²) in [5, 5.41) is 2.22. The number of carbonyl (C=O) groups is 1. The lowest BCUT2D eigenvalue weighted by Crippen LogP contribution is -2.29. The van der Waals surface area contributed by atoms with E-state index in [1.807, 2.05) is 49.4 Å². The predicted molar refractivity (Wildman–Crippen MR) is 75.8 cm³/mol. The van der Waals surface area contributed by atoms with Gasteiger partial charge in [-0.15, -0.1) is 11.6 Å². The second-order valence-corrected chi connectivity index (χ2v) is 4.72. The second-order valence-electron chi connectivity index (χ2n) is 4.28. The smallest absolute Gasteiger partial charge is 0.243 e. The van der Waals surface area contributed by atoms with Crippen LogP contribution in [0, 0.1) is 0 Å². The molecule has 0 aliphatic carbocycles. The van der Waals surface area contributed by atoms with Gasteiger partial charge in [0.1, 0.15) is 5.38 Å². The lowest BCUT2D eigenvalue weighted by atomic mass is 10.1. The normalized spacial score (nSPS) is 13.6. The zero-order valence-electron chi connectivity index (χ0n) is 10.6. The number of carbonyl (C=O) groups excluding carboxylic acids is 1. The van der Waals surface area contributed by atoms with Crippen LogP contribution >= 0.6 is 11.6 Å². The largest absolute Gasteiger partial charge is 0.348 e. The van der Waals surface area contributed by atoms with Crippen molar-refractivity contribution in [3.8, 4) is 0 Å². The molecule has 0 aliphatic heterocycles. The number of alkyl halides is 1. The second kappa shape index (κ2) is 6.34. The van der Waals surface area contributed by atoms with Gasteiger partial charge in [0.05, 0.1) is 6.04 Å². The minimum absolute atomic E-state index is 0.0968. The zero-order valence-corrected chi connectivity index (χ0v) is 11.3. The van der Waals surface area contributed by atoms with Crippen molar-refractivity contribution in [2.75, 3.05) is 0 Å². The zero-order chi connectivity index (χ0) is 13.7. The maximum absolute atomic E-state index is 12.1. The predicted octanol–water partition coefficient (Wildman–Crippen LogP) is 3.24. The van der Waals surface area contributed by atoms with E-state index in [1.54, 1.807) is 12.4 Å². The first-order valence-corrected chi connectivity index (χ1v) is 6.51. The van der Waals surface area contributed by atoms with E-state index in [-0.39, 0.29) is 11.9 Å². The van der Waals surface area contributed by atoms with Crippen LogP contribution < -0.4 is 5.32 Å². The average molecular weight is 275 g/mol. The standard InChI is InChI=1S/C15H15ClN2O/c1-11(12-7-9-17-10-8-12)18-15(19)14(16)13-5-3-2-4-6-13/h2-11,14H,1H3,(H,18,19)/t11-,14?/m0/s1. The first kappa shape index (κ1) is 13.6. The summed E-state index contributed by atoms with van der Waals surface area (Å²) in [4.78, 5) is 16.0. The Bertz CT molecular complexity index is 530. The van der Waals surface area contributed by atoms with Crippen LogP contribution in [0.15, 0.2) is 54.9 Å². The lowest BCUT2D eigenvalue weighted by molar-refractivity contribution is -0.121. The van der Waals surface area contributed by atoms with Crippen molar-refractivity contribution in [1.29, 1.82) is 0 Å². The van der Waals surface area contributed by atoms with Crippen molar-refractivity contribution in [3.63, 3.8) is 0 Å². The highest BCUT2D eigenvalue weighted by Gasteiger charge is 2.19. The van der Waals surface area contributed by atoms with Crippen molar-refractivity contribution in [3.05, 3.63) is 66.0 Å². The summed E-state index contributed by atoms with van der Waals surface area (Å²) in [5.41, 5.74) is 1.80. The Hall–Kier alpha value is -1.87. The fourth-order valence-corrected chi connectivity index (χ4v) is 2.00. The van der Waals surface area contributed by atoms with Gasteiger partial charge in [-0.05, 0) is 30.2 Å². The average Bonchev–Trinajstić information content (AvgIpc) is 2.48. The summed E-state index contributed by atoms with van der Waals surface area (Å²) >= 11 is 6.16. The summed E-state index contributed by atoms with van der Waals surface area (Å²) in [7, 11) is 0. The van der Waals surface area contributed by atoms with Gasteiger partial charge in [-0.1, -0.05) is 30.3 Å². The van der Waals surface area contributed by atoms with E-state index in [4.69, 9.17) is 11.6 Å². The van der Waals surface area contributed by atoms with Gasteiger partial charge in [0, 0.05) is 12.4 Å². The summed E-state index contributed by atoms with van der Waals surface area (Å²) in [6.07, 6.45) is 3.40. The van der Waals surface area contributed by atoms with E-state index in [2.05, 4.69) is 10.3 Å². The van der Waals surface area contributed by atoms with E-state index in [9.17, 15) is 4.79 Å². The number of hydrogen-bond donors (Lipinski definition) is 1. The van der Waals surface area contributed by atoms with E-state index < -0.39 is 5.38 Å². The van der Waals surface area contributed by atoms with Crippen molar-refractivity contribution in [1.82, 2.24) is 10.3 Å². The van der Waals surface area contributed by atoms with Crippen molar-refractivity contribution in [2.24, 2.45) is 0 Å². The van der Waals surface area contributed by atoms with Crippen LogP contribution in [0.3, 0.4) is 0 Å². The van der Waals surface area contributed by atoms with E-state index >= 15 is 0 Å². The van der Waals surface area contributed by atoms with E-state index in [0.717, 1.165) is 11.1 Å². The van der Waals surface area contributed by atoms with Crippen LogP contribution in [0.4, 0.5) is 0 Å². The van der Waals surface area contributed by atoms with E-state index in [0.29, 0.717) is 0 Å². The van der Waals surface area contributed by atoms with Gasteiger partial charge in [-0.3, -0.25) is 9.78 Å². The third kappa shape index (κ3) is 3.55. The molecule has 0 aliphatic rings. The molecule has 2 aromatic rings. The third-order valence-electron chi connectivity index (χ3n) is 2.89. The first-order valence-electron chi connectivity index (χ1n) is 6.08. The SMILES string of the molecule is C[C@H](NC(=O)C(Cl)c1ccccc1)c1ccncc1. The molecule has 1 amide bonds. The molecule has 1 aromatic heterocycles. The Morgan fingerprint density at radius 1 is 1.11 bits per heavy atom. The van der Waals surface area contributed by atoms with Gasteiger partial charge in [-0.25, -0.2) is 0 Å². The molecule has 1 unspecified atom stereocenters. The van der Waals surface area contributed by atoms with Crippen LogP contribution in [-0.4, -0.2) is 10.9 Å². The molecule has 2 atom stereocenters. The molecule has 0 saturated carbocycles. The maximum Gasteiger partial charge on any atom is 0.243 e. The lowest BCUT2D eigenvalue weighted by Gasteiger charge is -2.17. The highest BCUT2D eigenvalue weighted by Crippen LogP contribution is 2.21. The van der Waals surface area contributed by atoms with Gasteiger partial charge in [0.15, 0.2) is 0 Å². The monoisotopic (exact) mass is 274 g/mol. The van der Waals surface area contributed by atoms with Crippen molar-refractivity contribution < 1.29 is 4.79 Å². The quantitative estimate of drug-likeness (QED) is 0.870. The number of benzene rings is 1. The fraction of sp³-hybridized carbons (Fsp3) is 0.200. The Labute approximate surface area is 117 Å². The topological polar surface area (TPSA) is 42.0 Å². The van der Waals surface area contributed by atoms with Crippen LogP contribution in [0.25, 0.3) is 0 Å². The molecule has 98 valence electrons. The number of rotatable bonds is 4. The minimum Gasteiger partial charge on any atom is -0.348 e. The molecule has 0 fully saturated rings. The van der Waals surface area contributed by atoms with Crippen molar-refractivity contribution >= 4 is 17.5 Å². The summed E-state index contributed by atoms with van der Waals surface area (Å²) in [6, 6.07) is 13.0. The molecular formula is C15H15ClN2O. The number of nitrogens with one attached hydrogen (secondary N) is 1. The third-order valence-corrected chi connectivity index (χ3v) is 3.34. The molecule has 19 heavy (non-hydrogen) atoms. The summed E-state index contributed by atoms with van der Waals surface area (Å²) in [5.74, 6) is -0.197. The minimum atomic E-state index is -0.675. The number of amides is 1. The van der Waals surface area contributed by atoms with Crippen molar-refractivity contribution in [2.45, 2.75) is 18.3 Å². The molecule has 0 bridgehead atoms. The molecule has 1 aromatic carbocycles. The highest BCUT2D eigenvalue weighted by molar-refractivity contribution is 6.30. The molecule has 1 heterocycles. The molecular weight excluding hydrogens is 260 g/mol. The Morgan fingerprint density at radius 2 is 1.74 bits per heavy atom. The Balaban J connectivity index is 2.02. The molecule has 0 radical (unpaired) electrons. The summed E-state index contributed by atoms with van der Waals surface area (Å²) in [6.45, 7) is 1.92. The van der Waals surface area contributed by atoms with Crippen LogP contribution in [-0.2, 0) is 4.79 Å². The number of pyridine rings is 1. The number of nitrogens with zero attached hydrogens (tertiary/aromatic N) is 1. The van der Waals surface area contributed by atoms with Crippen LogP contribution in [0.1, 0.15) is 29.5 Å². The molecule has 4 heteroatoms. The van der Waals surface area contributed by atoms with Crippen LogP contribution in [0.5, 0.6) is 0 Å². The highest BCUT2D eigenvalue weighted by atomic mass is 35.5. The Morgan fingerprint density at radius 3 is 2.37 bits per heavy atom.